The van der Waals surface area contributed by atoms with Crippen LogP contribution in [0.15, 0.2) is 22.7 Å². The van der Waals surface area contributed by atoms with Crippen molar-refractivity contribution in [2.45, 2.75) is 38.3 Å². The zero-order valence-corrected chi connectivity index (χ0v) is 13.3. The van der Waals surface area contributed by atoms with Crippen LogP contribution in [0.1, 0.15) is 25.7 Å². The molecule has 1 aliphatic rings. The Labute approximate surface area is 131 Å². The molecule has 7 heteroatoms. The van der Waals surface area contributed by atoms with Gasteiger partial charge in [0.2, 0.25) is 0 Å². The third kappa shape index (κ3) is 3.24. The Morgan fingerprint density at radius 1 is 1.33 bits per heavy atom. The Balaban J connectivity index is 1.70. The van der Waals surface area contributed by atoms with Crippen LogP contribution in [-0.4, -0.2) is 32.9 Å². The van der Waals surface area contributed by atoms with Gasteiger partial charge in [-0.1, -0.05) is 18.9 Å². The van der Waals surface area contributed by atoms with Crippen LogP contribution in [0.4, 0.5) is 5.69 Å². The smallest absolute Gasteiger partial charge is 0.183 e. The third-order valence-electron chi connectivity index (χ3n) is 3.76. The van der Waals surface area contributed by atoms with Gasteiger partial charge in [0, 0.05) is 11.3 Å². The van der Waals surface area contributed by atoms with Crippen molar-refractivity contribution >= 4 is 21.6 Å². The number of benzene rings is 1. The number of aromatic nitrogens is 4. The number of hydrogen-bond donors (Lipinski definition) is 1. The van der Waals surface area contributed by atoms with Crippen LogP contribution in [-0.2, 0) is 11.3 Å². The Hall–Kier alpha value is -1.47. The van der Waals surface area contributed by atoms with E-state index in [0.717, 1.165) is 10.0 Å². The topological polar surface area (TPSA) is 78.9 Å². The molecule has 1 heterocycles. The van der Waals surface area contributed by atoms with E-state index in [1.807, 2.05) is 18.2 Å². The summed E-state index contributed by atoms with van der Waals surface area (Å²) in [6, 6.07) is 5.68. The molecule has 21 heavy (non-hydrogen) atoms. The minimum Gasteiger partial charge on any atom is -0.398 e. The highest BCUT2D eigenvalue weighted by Gasteiger charge is 2.17. The molecule has 0 atom stereocenters. The van der Waals surface area contributed by atoms with Gasteiger partial charge in [0.05, 0.1) is 23.7 Å². The molecular weight excluding hydrogens is 334 g/mol. The number of halogens is 1. The predicted molar refractivity (Wildman–Crippen MR) is 83.6 cm³/mol. The van der Waals surface area contributed by atoms with Gasteiger partial charge in [0.25, 0.3) is 0 Å². The lowest BCUT2D eigenvalue weighted by molar-refractivity contribution is 0.0514. The SMILES string of the molecule is Nc1cccc(-c2nnnn2CCOC2CCCC2)c1Br. The lowest BCUT2D eigenvalue weighted by atomic mass is 10.2. The molecule has 0 unspecified atom stereocenters. The Kier molecular flexibility index (Phi) is 4.50. The van der Waals surface area contributed by atoms with Crippen LogP contribution in [0.3, 0.4) is 0 Å². The molecule has 1 fully saturated rings. The molecule has 2 aromatic rings. The molecule has 0 amide bonds. The molecule has 2 N–H and O–H groups in total. The van der Waals surface area contributed by atoms with Crippen molar-refractivity contribution < 1.29 is 4.74 Å². The summed E-state index contributed by atoms with van der Waals surface area (Å²) >= 11 is 3.49. The van der Waals surface area contributed by atoms with Gasteiger partial charge >= 0.3 is 0 Å². The van der Waals surface area contributed by atoms with Crippen molar-refractivity contribution in [3.63, 3.8) is 0 Å². The van der Waals surface area contributed by atoms with Crippen molar-refractivity contribution in [3.8, 4) is 11.4 Å². The van der Waals surface area contributed by atoms with E-state index in [1.54, 1.807) is 4.68 Å². The highest BCUT2D eigenvalue weighted by Crippen LogP contribution is 2.30. The van der Waals surface area contributed by atoms with E-state index < -0.39 is 0 Å². The second-order valence-electron chi connectivity index (χ2n) is 5.21. The molecule has 1 aliphatic carbocycles. The molecule has 0 saturated heterocycles. The summed E-state index contributed by atoms with van der Waals surface area (Å²) in [6.45, 7) is 1.27. The van der Waals surface area contributed by atoms with E-state index in [0.29, 0.717) is 30.8 Å². The number of anilines is 1. The molecule has 1 saturated carbocycles. The molecule has 0 bridgehead atoms. The molecule has 0 aliphatic heterocycles. The highest BCUT2D eigenvalue weighted by molar-refractivity contribution is 9.10. The summed E-state index contributed by atoms with van der Waals surface area (Å²) in [5.74, 6) is 0.698. The predicted octanol–water partition coefficient (Wildman–Crippen LogP) is 2.64. The molecule has 1 aromatic carbocycles. The average molecular weight is 352 g/mol. The number of nitrogens with two attached hydrogens (primary N) is 1. The average Bonchev–Trinajstić information content (AvgIpc) is 3.14. The lowest BCUT2D eigenvalue weighted by Crippen LogP contribution is -2.14. The van der Waals surface area contributed by atoms with Crippen LogP contribution in [0.25, 0.3) is 11.4 Å². The molecule has 0 radical (unpaired) electrons. The fraction of sp³-hybridized carbons (Fsp3) is 0.500. The maximum Gasteiger partial charge on any atom is 0.183 e. The monoisotopic (exact) mass is 351 g/mol. The van der Waals surface area contributed by atoms with E-state index in [4.69, 9.17) is 10.5 Å². The number of nitrogen functional groups attached to an aromatic ring is 1. The number of tetrazole rings is 1. The summed E-state index contributed by atoms with van der Waals surface area (Å²) in [4.78, 5) is 0. The standard InChI is InChI=1S/C14H18BrN5O/c15-13-11(6-3-7-12(13)16)14-17-18-19-20(14)8-9-21-10-4-1-2-5-10/h3,6-7,10H,1-2,4-5,8-9,16H2. The zero-order chi connectivity index (χ0) is 14.7. The highest BCUT2D eigenvalue weighted by atomic mass is 79.9. The summed E-state index contributed by atoms with van der Waals surface area (Å²) in [5, 5.41) is 11.9. The first-order valence-corrected chi connectivity index (χ1v) is 7.97. The van der Waals surface area contributed by atoms with Gasteiger partial charge in [0.15, 0.2) is 5.82 Å². The number of hydrogen-bond acceptors (Lipinski definition) is 5. The van der Waals surface area contributed by atoms with Gasteiger partial charge in [0.1, 0.15) is 0 Å². The number of ether oxygens (including phenoxy) is 1. The molecule has 112 valence electrons. The molecular formula is C14H18BrN5O. The van der Waals surface area contributed by atoms with E-state index in [1.165, 1.54) is 25.7 Å². The molecule has 0 spiro atoms. The van der Waals surface area contributed by atoms with Gasteiger partial charge in [-0.3, -0.25) is 0 Å². The first-order chi connectivity index (χ1) is 10.3. The molecule has 6 nitrogen and oxygen atoms in total. The fourth-order valence-corrected chi connectivity index (χ4v) is 3.07. The van der Waals surface area contributed by atoms with Crippen LogP contribution < -0.4 is 5.73 Å². The third-order valence-corrected chi connectivity index (χ3v) is 4.65. The van der Waals surface area contributed by atoms with E-state index >= 15 is 0 Å². The van der Waals surface area contributed by atoms with E-state index in [9.17, 15) is 0 Å². The van der Waals surface area contributed by atoms with Gasteiger partial charge in [-0.25, -0.2) is 4.68 Å². The van der Waals surface area contributed by atoms with Crippen LogP contribution in [0.5, 0.6) is 0 Å². The Morgan fingerprint density at radius 3 is 2.95 bits per heavy atom. The van der Waals surface area contributed by atoms with Crippen molar-refractivity contribution in [1.29, 1.82) is 0 Å². The van der Waals surface area contributed by atoms with Crippen LogP contribution >= 0.6 is 15.9 Å². The second-order valence-corrected chi connectivity index (χ2v) is 6.00. The van der Waals surface area contributed by atoms with E-state index in [-0.39, 0.29) is 0 Å². The van der Waals surface area contributed by atoms with Gasteiger partial charge in [-0.05, 0) is 51.3 Å². The second kappa shape index (κ2) is 6.53. The summed E-state index contributed by atoms with van der Waals surface area (Å²) in [7, 11) is 0. The van der Waals surface area contributed by atoms with Crippen molar-refractivity contribution in [2.75, 3.05) is 12.3 Å². The van der Waals surface area contributed by atoms with Crippen LogP contribution in [0.2, 0.25) is 0 Å². The minimum atomic E-state index is 0.407. The fourth-order valence-electron chi connectivity index (χ4n) is 2.63. The van der Waals surface area contributed by atoms with Gasteiger partial charge in [-0.15, -0.1) is 5.10 Å². The summed E-state index contributed by atoms with van der Waals surface area (Å²) in [6.07, 6.45) is 5.30. The van der Waals surface area contributed by atoms with Crippen molar-refractivity contribution in [1.82, 2.24) is 20.2 Å². The van der Waals surface area contributed by atoms with Crippen molar-refractivity contribution in [2.24, 2.45) is 0 Å². The van der Waals surface area contributed by atoms with Crippen molar-refractivity contribution in [3.05, 3.63) is 22.7 Å². The zero-order valence-electron chi connectivity index (χ0n) is 11.7. The molecule has 1 aromatic heterocycles. The lowest BCUT2D eigenvalue weighted by Gasteiger charge is -2.12. The quantitative estimate of drug-likeness (QED) is 0.837. The van der Waals surface area contributed by atoms with Gasteiger partial charge < -0.3 is 10.5 Å². The molecule has 3 rings (SSSR count). The minimum absolute atomic E-state index is 0.407. The van der Waals surface area contributed by atoms with E-state index in [2.05, 4.69) is 31.5 Å². The van der Waals surface area contributed by atoms with Gasteiger partial charge in [-0.2, -0.15) is 0 Å². The largest absolute Gasteiger partial charge is 0.398 e. The first kappa shape index (κ1) is 14.5. The maximum absolute atomic E-state index is 5.91. The summed E-state index contributed by atoms with van der Waals surface area (Å²) < 4.78 is 8.44. The first-order valence-electron chi connectivity index (χ1n) is 7.18. The normalized spacial score (nSPS) is 15.7. The van der Waals surface area contributed by atoms with Crippen LogP contribution in [0, 0.1) is 0 Å². The Bertz CT molecular complexity index is 609. The summed E-state index contributed by atoms with van der Waals surface area (Å²) in [5.41, 5.74) is 7.47. The Morgan fingerprint density at radius 2 is 2.14 bits per heavy atom. The number of nitrogens with zero attached hydrogens (tertiary/aromatic N) is 4. The number of rotatable bonds is 5. The maximum atomic E-state index is 5.91.